The molecule has 1 N–H and O–H groups in total. The number of aryl methyl sites for hydroxylation is 1. The highest BCUT2D eigenvalue weighted by atomic mass is 32.2. The standard InChI is InChI=1S/C17H20FN3S/c1-11-14(17-15(19-11)8-9-16(18)20-17)10-12-4-6-13(7-5-12)21(2)22-3/h4-6,8-9,13,19H,7,10H2,1-3H3. The lowest BCUT2D eigenvalue weighted by Crippen LogP contribution is -2.24. The average Bonchev–Trinajstić information content (AvgIpc) is 2.83. The Balaban J connectivity index is 1.83. The molecular weight excluding hydrogens is 297 g/mol. The van der Waals surface area contributed by atoms with Gasteiger partial charge in [0.25, 0.3) is 0 Å². The molecule has 0 spiro atoms. The van der Waals surface area contributed by atoms with Crippen molar-refractivity contribution in [3.63, 3.8) is 0 Å². The van der Waals surface area contributed by atoms with Crippen LogP contribution in [0.1, 0.15) is 17.7 Å². The van der Waals surface area contributed by atoms with Crippen molar-refractivity contribution in [3.05, 3.63) is 53.1 Å². The molecule has 0 saturated heterocycles. The van der Waals surface area contributed by atoms with E-state index in [4.69, 9.17) is 0 Å². The van der Waals surface area contributed by atoms with Crippen molar-refractivity contribution in [2.75, 3.05) is 13.3 Å². The zero-order valence-electron chi connectivity index (χ0n) is 13.1. The van der Waals surface area contributed by atoms with Crippen molar-refractivity contribution in [1.29, 1.82) is 0 Å². The molecule has 2 heterocycles. The number of allylic oxidation sites excluding steroid dienone is 2. The summed E-state index contributed by atoms with van der Waals surface area (Å²) < 4.78 is 15.7. The van der Waals surface area contributed by atoms with E-state index in [-0.39, 0.29) is 0 Å². The molecule has 3 rings (SSSR count). The van der Waals surface area contributed by atoms with Gasteiger partial charge in [-0.25, -0.2) is 9.29 Å². The third kappa shape index (κ3) is 2.96. The number of likely N-dealkylation sites (N-methyl/N-ethyl adjacent to an activating group) is 1. The highest BCUT2D eigenvalue weighted by Crippen LogP contribution is 2.26. The lowest BCUT2D eigenvalue weighted by atomic mass is 9.97. The molecule has 0 amide bonds. The first-order chi connectivity index (χ1) is 10.6. The van der Waals surface area contributed by atoms with E-state index < -0.39 is 5.95 Å². The predicted octanol–water partition coefficient (Wildman–Crippen LogP) is 4.02. The van der Waals surface area contributed by atoms with Gasteiger partial charge >= 0.3 is 0 Å². The van der Waals surface area contributed by atoms with Crippen LogP contribution in [0.3, 0.4) is 0 Å². The molecule has 0 radical (unpaired) electrons. The van der Waals surface area contributed by atoms with Gasteiger partial charge in [0.1, 0.15) is 0 Å². The SMILES string of the molecule is CSN(C)C1C=CC(Cc2c(C)[nH]c3ccc(F)nc23)=CC1. The Labute approximate surface area is 134 Å². The maximum absolute atomic E-state index is 13.4. The van der Waals surface area contributed by atoms with Gasteiger partial charge in [0, 0.05) is 23.7 Å². The quantitative estimate of drug-likeness (QED) is 0.683. The van der Waals surface area contributed by atoms with Gasteiger partial charge in [0.2, 0.25) is 5.95 Å². The second kappa shape index (κ2) is 6.26. The van der Waals surface area contributed by atoms with Gasteiger partial charge in [-0.3, -0.25) is 0 Å². The van der Waals surface area contributed by atoms with Gasteiger partial charge in [0.15, 0.2) is 0 Å². The Morgan fingerprint density at radius 2 is 2.27 bits per heavy atom. The summed E-state index contributed by atoms with van der Waals surface area (Å²) in [4.78, 5) is 7.35. The molecule has 0 aromatic carbocycles. The van der Waals surface area contributed by atoms with E-state index in [1.807, 2.05) is 6.92 Å². The van der Waals surface area contributed by atoms with Crippen molar-refractivity contribution in [2.45, 2.75) is 25.8 Å². The molecule has 0 saturated carbocycles. The highest BCUT2D eigenvalue weighted by molar-refractivity contribution is 7.96. The van der Waals surface area contributed by atoms with Crippen molar-refractivity contribution in [3.8, 4) is 0 Å². The first-order valence-electron chi connectivity index (χ1n) is 7.36. The average molecular weight is 317 g/mol. The smallest absolute Gasteiger partial charge is 0.213 e. The third-order valence-corrected chi connectivity index (χ3v) is 5.06. The molecule has 0 fully saturated rings. The molecule has 2 aromatic heterocycles. The number of nitrogens with one attached hydrogen (secondary N) is 1. The van der Waals surface area contributed by atoms with Crippen LogP contribution in [-0.4, -0.2) is 33.6 Å². The molecule has 2 aromatic rings. The zero-order chi connectivity index (χ0) is 15.7. The lowest BCUT2D eigenvalue weighted by Gasteiger charge is -2.24. The highest BCUT2D eigenvalue weighted by Gasteiger charge is 2.16. The second-order valence-electron chi connectivity index (χ2n) is 5.61. The predicted molar refractivity (Wildman–Crippen MR) is 91.4 cm³/mol. The van der Waals surface area contributed by atoms with Crippen LogP contribution in [0.4, 0.5) is 4.39 Å². The summed E-state index contributed by atoms with van der Waals surface area (Å²) in [6, 6.07) is 3.59. The van der Waals surface area contributed by atoms with Crippen LogP contribution in [0.5, 0.6) is 0 Å². The van der Waals surface area contributed by atoms with E-state index in [9.17, 15) is 4.39 Å². The van der Waals surface area contributed by atoms with Gasteiger partial charge < -0.3 is 4.98 Å². The Bertz CT molecular complexity index is 748. The van der Waals surface area contributed by atoms with Crippen LogP contribution in [0.2, 0.25) is 0 Å². The van der Waals surface area contributed by atoms with E-state index in [2.05, 4.69) is 45.8 Å². The molecule has 0 aliphatic heterocycles. The number of pyridine rings is 1. The molecule has 3 nitrogen and oxygen atoms in total. The molecule has 1 aliphatic carbocycles. The fraction of sp³-hybridized carbons (Fsp3) is 0.353. The number of nitrogens with zero attached hydrogens (tertiary/aromatic N) is 2. The summed E-state index contributed by atoms with van der Waals surface area (Å²) in [5, 5.41) is 0. The van der Waals surface area contributed by atoms with Crippen molar-refractivity contribution in [1.82, 2.24) is 14.3 Å². The Kier molecular flexibility index (Phi) is 4.36. The van der Waals surface area contributed by atoms with Gasteiger partial charge in [-0.15, -0.1) is 0 Å². The summed E-state index contributed by atoms with van der Waals surface area (Å²) in [7, 11) is 2.11. The van der Waals surface area contributed by atoms with Gasteiger partial charge in [-0.1, -0.05) is 30.2 Å². The Morgan fingerprint density at radius 3 is 2.95 bits per heavy atom. The summed E-state index contributed by atoms with van der Waals surface area (Å²) in [5.41, 5.74) is 5.05. The molecule has 5 heteroatoms. The summed E-state index contributed by atoms with van der Waals surface area (Å²) in [6.07, 6.45) is 10.6. The van der Waals surface area contributed by atoms with Crippen LogP contribution in [0, 0.1) is 12.9 Å². The van der Waals surface area contributed by atoms with Crippen molar-refractivity contribution in [2.24, 2.45) is 0 Å². The fourth-order valence-corrected chi connectivity index (χ4v) is 3.26. The number of rotatable bonds is 4. The maximum atomic E-state index is 13.4. The molecule has 0 bridgehead atoms. The summed E-state index contributed by atoms with van der Waals surface area (Å²) in [6.45, 7) is 2.02. The minimum atomic E-state index is -0.428. The molecule has 116 valence electrons. The number of aromatic nitrogens is 2. The maximum Gasteiger partial charge on any atom is 0.213 e. The van der Waals surface area contributed by atoms with Crippen LogP contribution in [-0.2, 0) is 6.42 Å². The van der Waals surface area contributed by atoms with Crippen LogP contribution in [0.15, 0.2) is 35.9 Å². The summed E-state index contributed by atoms with van der Waals surface area (Å²) in [5.74, 6) is -0.428. The van der Waals surface area contributed by atoms with Crippen LogP contribution >= 0.6 is 11.9 Å². The number of hydrogen-bond acceptors (Lipinski definition) is 3. The number of H-pyrrole nitrogens is 1. The summed E-state index contributed by atoms with van der Waals surface area (Å²) >= 11 is 1.74. The van der Waals surface area contributed by atoms with E-state index >= 15 is 0 Å². The number of aromatic amines is 1. The second-order valence-corrected chi connectivity index (χ2v) is 6.55. The lowest BCUT2D eigenvalue weighted by molar-refractivity contribution is 0.477. The van der Waals surface area contributed by atoms with E-state index in [1.165, 1.54) is 11.6 Å². The van der Waals surface area contributed by atoms with E-state index in [0.29, 0.717) is 6.04 Å². The topological polar surface area (TPSA) is 31.9 Å². The Morgan fingerprint density at radius 1 is 1.45 bits per heavy atom. The molecule has 22 heavy (non-hydrogen) atoms. The van der Waals surface area contributed by atoms with Crippen molar-refractivity contribution < 1.29 is 4.39 Å². The molecular formula is C17H20FN3S. The number of hydrogen-bond donors (Lipinski definition) is 1. The number of halogens is 1. The Hall–Kier alpha value is -1.59. The molecule has 1 aliphatic rings. The fourth-order valence-electron chi connectivity index (χ4n) is 2.83. The minimum Gasteiger partial charge on any atom is -0.357 e. The molecule has 1 unspecified atom stereocenters. The van der Waals surface area contributed by atoms with E-state index in [0.717, 1.165) is 35.1 Å². The van der Waals surface area contributed by atoms with Crippen molar-refractivity contribution >= 4 is 23.0 Å². The first-order valence-corrected chi connectivity index (χ1v) is 8.54. The minimum absolute atomic E-state index is 0.428. The monoisotopic (exact) mass is 317 g/mol. The zero-order valence-corrected chi connectivity index (χ0v) is 13.9. The van der Waals surface area contributed by atoms with Gasteiger partial charge in [-0.2, -0.15) is 4.39 Å². The van der Waals surface area contributed by atoms with Crippen LogP contribution < -0.4 is 0 Å². The van der Waals surface area contributed by atoms with Gasteiger partial charge in [0.05, 0.1) is 11.0 Å². The number of fused-ring (bicyclic) bond motifs is 1. The first kappa shape index (κ1) is 15.3. The van der Waals surface area contributed by atoms with E-state index in [1.54, 1.807) is 18.0 Å². The molecule has 1 atom stereocenters. The van der Waals surface area contributed by atoms with Crippen LogP contribution in [0.25, 0.3) is 11.0 Å². The third-order valence-electron chi connectivity index (χ3n) is 4.21. The largest absolute Gasteiger partial charge is 0.357 e. The van der Waals surface area contributed by atoms with Gasteiger partial charge in [-0.05, 0) is 44.4 Å². The normalized spacial score (nSPS) is 18.2.